The fourth-order valence-corrected chi connectivity index (χ4v) is 2.45. The van der Waals surface area contributed by atoms with Crippen LogP contribution in [-0.4, -0.2) is 30.0 Å². The Labute approximate surface area is 122 Å². The zero-order valence-electron chi connectivity index (χ0n) is 11.8. The Morgan fingerprint density at radius 1 is 1.62 bits per heavy atom. The fraction of sp³-hybridized carbons (Fsp3) is 0.375. The molecule has 1 saturated carbocycles. The molecule has 1 N–H and O–H groups in total. The molecule has 1 aromatic carbocycles. The standard InChI is InChI=1S/C16H16FNO3/c1-15(21-2,16(10-18)9-13(16)17)8-7-11-5-3-4-6-12(11)14(19)20/h3-8,13H,9H2,1-2H3,(H,19,20)/b8-7+/t13-,15+,16+/m0/s1. The molecule has 0 amide bonds. The predicted molar refractivity (Wildman–Crippen MR) is 75.4 cm³/mol. The van der Waals surface area contributed by atoms with E-state index < -0.39 is 23.2 Å². The lowest BCUT2D eigenvalue weighted by molar-refractivity contribution is -0.00168. The minimum Gasteiger partial charge on any atom is -0.478 e. The summed E-state index contributed by atoms with van der Waals surface area (Å²) in [5.74, 6) is -1.04. The number of rotatable bonds is 5. The molecule has 1 aliphatic carbocycles. The molecular formula is C16H16FNO3. The van der Waals surface area contributed by atoms with Crippen LogP contribution < -0.4 is 0 Å². The highest BCUT2D eigenvalue weighted by molar-refractivity contribution is 5.92. The molecule has 0 radical (unpaired) electrons. The first-order valence-corrected chi connectivity index (χ1v) is 6.52. The van der Waals surface area contributed by atoms with Gasteiger partial charge in [0.2, 0.25) is 0 Å². The van der Waals surface area contributed by atoms with Crippen LogP contribution >= 0.6 is 0 Å². The van der Waals surface area contributed by atoms with Gasteiger partial charge in [-0.3, -0.25) is 0 Å². The Morgan fingerprint density at radius 3 is 2.71 bits per heavy atom. The highest BCUT2D eigenvalue weighted by Crippen LogP contribution is 2.57. The number of aromatic carboxylic acids is 1. The Hall–Kier alpha value is -2.19. The van der Waals surface area contributed by atoms with Gasteiger partial charge in [-0.1, -0.05) is 30.4 Å². The van der Waals surface area contributed by atoms with Gasteiger partial charge >= 0.3 is 5.97 Å². The number of methoxy groups -OCH3 is 1. The molecule has 0 aliphatic heterocycles. The van der Waals surface area contributed by atoms with Crippen LogP contribution in [0.15, 0.2) is 30.3 Å². The van der Waals surface area contributed by atoms with Crippen LogP contribution in [0.4, 0.5) is 4.39 Å². The summed E-state index contributed by atoms with van der Waals surface area (Å²) in [7, 11) is 1.41. The average molecular weight is 289 g/mol. The number of carboxylic acids is 1. The zero-order valence-corrected chi connectivity index (χ0v) is 11.8. The molecule has 0 heterocycles. The van der Waals surface area contributed by atoms with Crippen molar-refractivity contribution < 1.29 is 19.0 Å². The van der Waals surface area contributed by atoms with E-state index in [4.69, 9.17) is 9.84 Å². The van der Waals surface area contributed by atoms with Crippen molar-refractivity contribution in [1.29, 1.82) is 5.26 Å². The molecule has 0 saturated heterocycles. The number of halogens is 1. The van der Waals surface area contributed by atoms with Crippen molar-refractivity contribution in [2.45, 2.75) is 25.1 Å². The van der Waals surface area contributed by atoms with Gasteiger partial charge in [0.1, 0.15) is 17.2 Å². The number of carboxylic acid groups (broad SMARTS) is 1. The molecule has 0 bridgehead atoms. The minimum atomic E-state index is -1.23. The normalized spacial score (nSPS) is 27.0. The summed E-state index contributed by atoms with van der Waals surface area (Å²) in [6.45, 7) is 1.63. The average Bonchev–Trinajstić information content (AvgIpc) is 3.17. The summed E-state index contributed by atoms with van der Waals surface area (Å²) < 4.78 is 19.0. The molecule has 0 aromatic heterocycles. The monoisotopic (exact) mass is 289 g/mol. The summed E-state index contributed by atoms with van der Waals surface area (Å²) in [6, 6.07) is 8.48. The van der Waals surface area contributed by atoms with Crippen LogP contribution in [-0.2, 0) is 4.74 Å². The van der Waals surface area contributed by atoms with Crippen molar-refractivity contribution in [3.63, 3.8) is 0 Å². The van der Waals surface area contributed by atoms with Gasteiger partial charge in [-0.25, -0.2) is 9.18 Å². The summed E-state index contributed by atoms with van der Waals surface area (Å²) in [4.78, 5) is 11.2. The van der Waals surface area contributed by atoms with Gasteiger partial charge in [-0.05, 0) is 18.6 Å². The SMILES string of the molecule is CO[C@](C)(/C=C/c1ccccc1C(=O)O)[C@@]1(C#N)C[C@@H]1F. The highest BCUT2D eigenvalue weighted by atomic mass is 19.1. The summed E-state index contributed by atoms with van der Waals surface area (Å²) in [5.41, 5.74) is -1.67. The first-order chi connectivity index (χ1) is 9.90. The fourth-order valence-electron chi connectivity index (χ4n) is 2.45. The van der Waals surface area contributed by atoms with Crippen molar-refractivity contribution >= 4 is 12.0 Å². The molecule has 5 heteroatoms. The van der Waals surface area contributed by atoms with Crippen LogP contribution in [0, 0.1) is 16.7 Å². The van der Waals surface area contributed by atoms with Gasteiger partial charge < -0.3 is 9.84 Å². The number of ether oxygens (including phenoxy) is 1. The Morgan fingerprint density at radius 2 is 2.24 bits per heavy atom. The van der Waals surface area contributed by atoms with Gasteiger partial charge in [0, 0.05) is 13.5 Å². The molecular weight excluding hydrogens is 273 g/mol. The largest absolute Gasteiger partial charge is 0.478 e. The number of benzene rings is 1. The first-order valence-electron chi connectivity index (χ1n) is 6.52. The van der Waals surface area contributed by atoms with Crippen LogP contribution in [0.5, 0.6) is 0 Å². The molecule has 1 aliphatic rings. The van der Waals surface area contributed by atoms with E-state index in [0.717, 1.165) is 0 Å². The lowest BCUT2D eigenvalue weighted by atomic mass is 9.85. The van der Waals surface area contributed by atoms with Gasteiger partial charge in [-0.2, -0.15) is 5.26 Å². The topological polar surface area (TPSA) is 70.3 Å². The Balaban J connectivity index is 2.36. The van der Waals surface area contributed by atoms with Crippen molar-refractivity contribution in [2.24, 2.45) is 5.41 Å². The number of nitrogens with zero attached hydrogens (tertiary/aromatic N) is 1. The quantitative estimate of drug-likeness (QED) is 0.904. The lowest BCUT2D eigenvalue weighted by Crippen LogP contribution is -2.37. The van der Waals surface area contributed by atoms with Gasteiger partial charge in [0.25, 0.3) is 0 Å². The molecule has 21 heavy (non-hydrogen) atoms. The second kappa shape index (κ2) is 5.30. The van der Waals surface area contributed by atoms with E-state index in [0.29, 0.717) is 5.56 Å². The van der Waals surface area contributed by atoms with Crippen molar-refractivity contribution in [1.82, 2.24) is 0 Å². The van der Waals surface area contributed by atoms with Gasteiger partial charge in [0.15, 0.2) is 0 Å². The Kier molecular flexibility index (Phi) is 3.84. The third-order valence-corrected chi connectivity index (χ3v) is 4.16. The van der Waals surface area contributed by atoms with E-state index in [-0.39, 0.29) is 12.0 Å². The maximum atomic E-state index is 13.6. The molecule has 3 atom stereocenters. The number of hydrogen-bond donors (Lipinski definition) is 1. The molecule has 0 unspecified atom stereocenters. The second-order valence-corrected chi connectivity index (χ2v) is 5.29. The number of nitriles is 1. The van der Waals surface area contributed by atoms with Crippen molar-refractivity contribution in [3.05, 3.63) is 41.5 Å². The van der Waals surface area contributed by atoms with E-state index in [1.54, 1.807) is 37.3 Å². The highest BCUT2D eigenvalue weighted by Gasteiger charge is 2.67. The number of hydrogen-bond acceptors (Lipinski definition) is 3. The van der Waals surface area contributed by atoms with Gasteiger partial charge in [0.05, 0.1) is 11.6 Å². The molecule has 2 rings (SSSR count). The predicted octanol–water partition coefficient (Wildman–Crippen LogP) is 3.05. The molecule has 0 spiro atoms. The first kappa shape index (κ1) is 15.2. The number of alkyl halides is 1. The molecule has 1 aromatic rings. The maximum Gasteiger partial charge on any atom is 0.336 e. The zero-order chi connectivity index (χ0) is 15.7. The number of carbonyl (C=O) groups is 1. The van der Waals surface area contributed by atoms with Crippen LogP contribution in [0.3, 0.4) is 0 Å². The molecule has 1 fully saturated rings. The maximum absolute atomic E-state index is 13.6. The van der Waals surface area contributed by atoms with E-state index >= 15 is 0 Å². The van der Waals surface area contributed by atoms with Crippen molar-refractivity contribution in [2.75, 3.05) is 7.11 Å². The summed E-state index contributed by atoms with van der Waals surface area (Å²) >= 11 is 0. The third-order valence-electron chi connectivity index (χ3n) is 4.16. The van der Waals surface area contributed by atoms with Gasteiger partial charge in [-0.15, -0.1) is 0 Å². The van der Waals surface area contributed by atoms with E-state index in [9.17, 15) is 14.4 Å². The van der Waals surface area contributed by atoms with E-state index in [2.05, 4.69) is 0 Å². The Bertz CT molecular complexity index is 637. The summed E-state index contributed by atoms with van der Waals surface area (Å²) in [5, 5.41) is 18.4. The molecule has 4 nitrogen and oxygen atoms in total. The third kappa shape index (κ3) is 2.43. The second-order valence-electron chi connectivity index (χ2n) is 5.29. The lowest BCUT2D eigenvalue weighted by Gasteiger charge is -2.29. The van der Waals surface area contributed by atoms with Crippen LogP contribution in [0.2, 0.25) is 0 Å². The molecule has 110 valence electrons. The van der Waals surface area contributed by atoms with E-state index in [1.807, 2.05) is 6.07 Å². The van der Waals surface area contributed by atoms with Crippen LogP contribution in [0.25, 0.3) is 6.08 Å². The minimum absolute atomic E-state index is 0.124. The smallest absolute Gasteiger partial charge is 0.336 e. The van der Waals surface area contributed by atoms with Crippen LogP contribution in [0.1, 0.15) is 29.3 Å². The van der Waals surface area contributed by atoms with E-state index in [1.165, 1.54) is 13.2 Å². The summed E-state index contributed by atoms with van der Waals surface area (Å²) in [6.07, 6.45) is 2.03. The van der Waals surface area contributed by atoms with Crippen molar-refractivity contribution in [3.8, 4) is 6.07 Å².